The van der Waals surface area contributed by atoms with Gasteiger partial charge in [-0.1, -0.05) is 6.92 Å². The molecule has 2 aliphatic rings. The normalized spacial score (nSPS) is 23.4. The maximum atomic E-state index is 12.6. The number of amides is 1. The zero-order chi connectivity index (χ0) is 15.6. The first-order valence-corrected chi connectivity index (χ1v) is 8.46. The van der Waals surface area contributed by atoms with E-state index in [9.17, 15) is 4.79 Å². The summed E-state index contributed by atoms with van der Waals surface area (Å²) in [5.74, 6) is 0.141. The quantitative estimate of drug-likeness (QED) is 0.883. The van der Waals surface area contributed by atoms with Gasteiger partial charge in [0.05, 0.1) is 0 Å². The highest BCUT2D eigenvalue weighted by Crippen LogP contribution is 2.30. The predicted molar refractivity (Wildman–Crippen MR) is 105 cm³/mol. The third-order valence-electron chi connectivity index (χ3n) is 5.17. The average molecular weight is 374 g/mol. The van der Waals surface area contributed by atoms with E-state index in [0.717, 1.165) is 38.2 Å². The minimum atomic E-state index is 0. The molecule has 0 aliphatic carbocycles. The van der Waals surface area contributed by atoms with Crippen LogP contribution in [0.15, 0.2) is 24.3 Å². The number of likely N-dealkylation sites (tertiary alicyclic amines) is 1. The van der Waals surface area contributed by atoms with Crippen LogP contribution in [-0.4, -0.2) is 43.5 Å². The van der Waals surface area contributed by atoms with Gasteiger partial charge in [-0.05, 0) is 61.9 Å². The lowest BCUT2D eigenvalue weighted by molar-refractivity contribution is 0.0777. The monoisotopic (exact) mass is 373 g/mol. The van der Waals surface area contributed by atoms with Crippen LogP contribution in [-0.2, 0) is 0 Å². The molecule has 2 saturated heterocycles. The standard InChI is InChI=1S/C18H27N3O.2ClH/c1-18(13-19)9-12-21(14-18)17(22)15-5-7-16(8-6-15)20-10-3-2-4-11-20;;/h5-8H,2-4,9-14,19H2,1H3;2*1H. The third kappa shape index (κ3) is 4.56. The molecule has 1 amide bonds. The zero-order valence-corrected chi connectivity index (χ0v) is 16.0. The summed E-state index contributed by atoms with van der Waals surface area (Å²) in [4.78, 5) is 17.0. The fourth-order valence-electron chi connectivity index (χ4n) is 3.51. The largest absolute Gasteiger partial charge is 0.372 e. The number of benzene rings is 1. The highest BCUT2D eigenvalue weighted by Gasteiger charge is 2.35. The van der Waals surface area contributed by atoms with Crippen LogP contribution in [0.1, 0.15) is 43.0 Å². The number of hydrogen-bond acceptors (Lipinski definition) is 3. The van der Waals surface area contributed by atoms with Gasteiger partial charge in [0.15, 0.2) is 0 Å². The molecular weight excluding hydrogens is 345 g/mol. The summed E-state index contributed by atoms with van der Waals surface area (Å²) in [6.45, 7) is 6.67. The summed E-state index contributed by atoms with van der Waals surface area (Å²) < 4.78 is 0. The second-order valence-corrected chi connectivity index (χ2v) is 7.09. The zero-order valence-electron chi connectivity index (χ0n) is 14.4. The van der Waals surface area contributed by atoms with Gasteiger partial charge >= 0.3 is 0 Å². The van der Waals surface area contributed by atoms with Gasteiger partial charge in [0, 0.05) is 37.4 Å². The molecule has 1 atom stereocenters. The fourth-order valence-corrected chi connectivity index (χ4v) is 3.51. The van der Waals surface area contributed by atoms with Crippen molar-refractivity contribution in [2.24, 2.45) is 11.1 Å². The molecule has 1 aromatic rings. The van der Waals surface area contributed by atoms with Gasteiger partial charge < -0.3 is 15.5 Å². The predicted octanol–water partition coefficient (Wildman–Crippen LogP) is 3.33. The van der Waals surface area contributed by atoms with E-state index in [1.54, 1.807) is 0 Å². The lowest BCUT2D eigenvalue weighted by Gasteiger charge is -2.29. The Morgan fingerprint density at radius 2 is 1.71 bits per heavy atom. The first-order valence-electron chi connectivity index (χ1n) is 8.46. The van der Waals surface area contributed by atoms with Crippen LogP contribution in [0.25, 0.3) is 0 Å². The maximum Gasteiger partial charge on any atom is 0.253 e. The lowest BCUT2D eigenvalue weighted by Crippen LogP contribution is -2.34. The molecule has 0 bridgehead atoms. The van der Waals surface area contributed by atoms with E-state index in [4.69, 9.17) is 5.73 Å². The first kappa shape index (κ1) is 21.1. The number of anilines is 1. The SMILES string of the molecule is CC1(CN)CCN(C(=O)c2ccc(N3CCCCC3)cc2)C1.Cl.Cl. The first-order chi connectivity index (χ1) is 10.6. The van der Waals surface area contributed by atoms with Gasteiger partial charge in [0.2, 0.25) is 0 Å². The number of halogens is 2. The molecule has 0 radical (unpaired) electrons. The van der Waals surface area contributed by atoms with Crippen LogP contribution in [0.4, 0.5) is 5.69 Å². The van der Waals surface area contributed by atoms with Gasteiger partial charge in [0.25, 0.3) is 5.91 Å². The number of piperidine rings is 1. The number of nitrogens with two attached hydrogens (primary N) is 1. The molecule has 1 aromatic carbocycles. The van der Waals surface area contributed by atoms with Gasteiger partial charge in [-0.25, -0.2) is 0 Å². The molecule has 3 rings (SSSR count). The molecule has 0 saturated carbocycles. The maximum absolute atomic E-state index is 12.6. The molecule has 2 N–H and O–H groups in total. The Balaban J connectivity index is 0.00000144. The van der Waals surface area contributed by atoms with Gasteiger partial charge in [-0.15, -0.1) is 24.8 Å². The molecule has 136 valence electrons. The fraction of sp³-hybridized carbons (Fsp3) is 0.611. The van der Waals surface area contributed by atoms with E-state index in [1.165, 1.54) is 24.9 Å². The highest BCUT2D eigenvalue weighted by molar-refractivity contribution is 5.94. The Kier molecular flexibility index (Phi) is 7.84. The second kappa shape index (κ2) is 8.93. The van der Waals surface area contributed by atoms with Crippen molar-refractivity contribution >= 4 is 36.4 Å². The van der Waals surface area contributed by atoms with Crippen LogP contribution in [0.5, 0.6) is 0 Å². The highest BCUT2D eigenvalue weighted by atomic mass is 35.5. The smallest absolute Gasteiger partial charge is 0.253 e. The number of nitrogens with zero attached hydrogens (tertiary/aromatic N) is 2. The molecule has 4 nitrogen and oxygen atoms in total. The number of hydrogen-bond donors (Lipinski definition) is 1. The molecule has 2 heterocycles. The summed E-state index contributed by atoms with van der Waals surface area (Å²) in [5.41, 5.74) is 7.95. The molecule has 1 unspecified atom stereocenters. The number of rotatable bonds is 3. The van der Waals surface area contributed by atoms with Gasteiger partial charge in [0.1, 0.15) is 0 Å². The Morgan fingerprint density at radius 1 is 1.08 bits per heavy atom. The summed E-state index contributed by atoms with van der Waals surface area (Å²) in [6.07, 6.45) is 4.88. The lowest BCUT2D eigenvalue weighted by atomic mass is 9.90. The Morgan fingerprint density at radius 3 is 2.25 bits per heavy atom. The average Bonchev–Trinajstić information content (AvgIpc) is 2.98. The van der Waals surface area contributed by atoms with Gasteiger partial charge in [-0.2, -0.15) is 0 Å². The van der Waals surface area contributed by atoms with E-state index in [1.807, 2.05) is 17.0 Å². The van der Waals surface area contributed by atoms with Crippen LogP contribution in [0.2, 0.25) is 0 Å². The molecule has 0 spiro atoms. The van der Waals surface area contributed by atoms with Crippen molar-refractivity contribution in [3.8, 4) is 0 Å². The number of carbonyl (C=O) groups excluding carboxylic acids is 1. The van der Waals surface area contributed by atoms with Crippen molar-refractivity contribution in [1.82, 2.24) is 4.90 Å². The molecule has 2 aliphatic heterocycles. The minimum absolute atomic E-state index is 0. The molecule has 6 heteroatoms. The topological polar surface area (TPSA) is 49.6 Å². The minimum Gasteiger partial charge on any atom is -0.372 e. The van der Waals surface area contributed by atoms with E-state index in [2.05, 4.69) is 24.0 Å². The van der Waals surface area contributed by atoms with Crippen molar-refractivity contribution in [3.05, 3.63) is 29.8 Å². The van der Waals surface area contributed by atoms with Crippen molar-refractivity contribution in [3.63, 3.8) is 0 Å². The van der Waals surface area contributed by atoms with Crippen LogP contribution >= 0.6 is 24.8 Å². The third-order valence-corrected chi connectivity index (χ3v) is 5.17. The van der Waals surface area contributed by atoms with Crippen molar-refractivity contribution in [2.75, 3.05) is 37.6 Å². The summed E-state index contributed by atoms with van der Waals surface area (Å²) in [6, 6.07) is 8.14. The Bertz CT molecular complexity index is 532. The summed E-state index contributed by atoms with van der Waals surface area (Å²) in [7, 11) is 0. The van der Waals surface area contributed by atoms with Crippen molar-refractivity contribution in [1.29, 1.82) is 0 Å². The van der Waals surface area contributed by atoms with Crippen molar-refractivity contribution < 1.29 is 4.79 Å². The molecule has 2 fully saturated rings. The van der Waals surface area contributed by atoms with Crippen LogP contribution < -0.4 is 10.6 Å². The molecule has 24 heavy (non-hydrogen) atoms. The molecule has 0 aromatic heterocycles. The Hall–Kier alpha value is -0.970. The summed E-state index contributed by atoms with van der Waals surface area (Å²) >= 11 is 0. The number of carbonyl (C=O) groups is 1. The Labute approximate surface area is 157 Å². The van der Waals surface area contributed by atoms with E-state index in [-0.39, 0.29) is 36.1 Å². The molecular formula is C18H29Cl2N3O. The van der Waals surface area contributed by atoms with Crippen LogP contribution in [0.3, 0.4) is 0 Å². The van der Waals surface area contributed by atoms with E-state index in [0.29, 0.717) is 6.54 Å². The van der Waals surface area contributed by atoms with E-state index >= 15 is 0 Å². The summed E-state index contributed by atoms with van der Waals surface area (Å²) in [5, 5.41) is 0. The van der Waals surface area contributed by atoms with E-state index < -0.39 is 0 Å². The van der Waals surface area contributed by atoms with Crippen molar-refractivity contribution in [2.45, 2.75) is 32.6 Å². The van der Waals surface area contributed by atoms with Crippen LogP contribution in [0, 0.1) is 5.41 Å². The van der Waals surface area contributed by atoms with Gasteiger partial charge in [-0.3, -0.25) is 4.79 Å². The second-order valence-electron chi connectivity index (χ2n) is 7.09.